The highest BCUT2D eigenvalue weighted by Gasteiger charge is 2.23. The van der Waals surface area contributed by atoms with Gasteiger partial charge in [0.1, 0.15) is 11.3 Å². The Morgan fingerprint density at radius 3 is 2.17 bits per heavy atom. The Morgan fingerprint density at radius 1 is 0.958 bits per heavy atom. The van der Waals surface area contributed by atoms with Gasteiger partial charge >= 0.3 is 0 Å². The average molecular weight is 329 g/mol. The molecule has 4 heteroatoms. The SMILES string of the molecule is CC.CC(C)(C)c1ncc(-c2ccc(C(C)(C)C)c3ocnc23)[nH]1.[HH]. The molecule has 0 radical (unpaired) electrons. The van der Waals surface area contributed by atoms with E-state index in [0.717, 1.165) is 28.2 Å². The van der Waals surface area contributed by atoms with Crippen LogP contribution in [0.2, 0.25) is 0 Å². The van der Waals surface area contributed by atoms with Crippen molar-refractivity contribution in [3.8, 4) is 11.3 Å². The van der Waals surface area contributed by atoms with Crippen LogP contribution in [-0.2, 0) is 10.8 Å². The van der Waals surface area contributed by atoms with Crippen molar-refractivity contribution >= 4 is 11.1 Å². The smallest absolute Gasteiger partial charge is 0.182 e. The first-order valence-electron chi connectivity index (χ1n) is 8.60. The molecule has 0 aliphatic carbocycles. The highest BCUT2D eigenvalue weighted by Crippen LogP contribution is 2.35. The maximum absolute atomic E-state index is 5.67. The van der Waals surface area contributed by atoms with E-state index in [-0.39, 0.29) is 12.3 Å². The summed E-state index contributed by atoms with van der Waals surface area (Å²) in [4.78, 5) is 12.4. The van der Waals surface area contributed by atoms with Gasteiger partial charge in [0, 0.05) is 18.0 Å². The number of benzene rings is 1. The number of nitrogens with zero attached hydrogens (tertiary/aromatic N) is 2. The van der Waals surface area contributed by atoms with Crippen molar-refractivity contribution in [2.75, 3.05) is 0 Å². The lowest BCUT2D eigenvalue weighted by Crippen LogP contribution is -2.13. The first kappa shape index (κ1) is 18.2. The fourth-order valence-electron chi connectivity index (χ4n) is 2.60. The molecule has 4 nitrogen and oxygen atoms in total. The van der Waals surface area contributed by atoms with Gasteiger partial charge in [-0.2, -0.15) is 0 Å². The third-order valence-electron chi connectivity index (χ3n) is 3.87. The van der Waals surface area contributed by atoms with Crippen molar-refractivity contribution in [2.24, 2.45) is 0 Å². The number of hydrogen-bond donors (Lipinski definition) is 1. The summed E-state index contributed by atoms with van der Waals surface area (Å²) in [7, 11) is 0. The van der Waals surface area contributed by atoms with Crippen LogP contribution in [0.4, 0.5) is 0 Å². The van der Waals surface area contributed by atoms with Crippen LogP contribution in [0.15, 0.2) is 29.1 Å². The van der Waals surface area contributed by atoms with E-state index in [1.54, 1.807) is 0 Å². The fourth-order valence-corrected chi connectivity index (χ4v) is 2.60. The predicted molar refractivity (Wildman–Crippen MR) is 102 cm³/mol. The number of imidazole rings is 1. The molecule has 0 fully saturated rings. The van der Waals surface area contributed by atoms with Crippen LogP contribution in [-0.4, -0.2) is 15.0 Å². The molecule has 2 aromatic heterocycles. The van der Waals surface area contributed by atoms with Crippen molar-refractivity contribution in [3.63, 3.8) is 0 Å². The summed E-state index contributed by atoms with van der Waals surface area (Å²) in [5.41, 5.74) is 4.92. The summed E-state index contributed by atoms with van der Waals surface area (Å²) in [6, 6.07) is 4.23. The number of fused-ring (bicyclic) bond motifs is 1. The molecule has 132 valence electrons. The Bertz CT molecular complexity index is 819. The number of nitrogens with one attached hydrogen (secondary N) is 1. The van der Waals surface area contributed by atoms with Gasteiger partial charge in [-0.3, -0.25) is 0 Å². The molecular weight excluding hydrogens is 298 g/mol. The molecule has 2 heterocycles. The molecule has 0 unspecified atom stereocenters. The zero-order valence-corrected chi connectivity index (χ0v) is 16.1. The number of aromatic nitrogens is 3. The lowest BCUT2D eigenvalue weighted by atomic mass is 9.85. The van der Waals surface area contributed by atoms with E-state index in [1.165, 1.54) is 12.0 Å². The molecule has 1 N–H and O–H groups in total. The molecule has 3 rings (SSSR count). The topological polar surface area (TPSA) is 54.7 Å². The van der Waals surface area contributed by atoms with Crippen molar-refractivity contribution in [1.82, 2.24) is 15.0 Å². The zero-order valence-electron chi connectivity index (χ0n) is 16.1. The third-order valence-corrected chi connectivity index (χ3v) is 3.87. The Balaban J connectivity index is 0.00000101. The molecule has 0 amide bonds. The predicted octanol–water partition coefficient (Wildman–Crippen LogP) is 6.09. The maximum atomic E-state index is 5.67. The quantitative estimate of drug-likeness (QED) is 0.588. The van der Waals surface area contributed by atoms with Crippen molar-refractivity contribution in [1.29, 1.82) is 0 Å². The van der Waals surface area contributed by atoms with E-state index in [1.807, 2.05) is 20.0 Å². The van der Waals surface area contributed by atoms with E-state index in [4.69, 9.17) is 4.42 Å². The number of rotatable bonds is 1. The summed E-state index contributed by atoms with van der Waals surface area (Å²) in [5, 5.41) is 0. The van der Waals surface area contributed by atoms with Gasteiger partial charge in [-0.15, -0.1) is 0 Å². The lowest BCUT2D eigenvalue weighted by molar-refractivity contribution is 0.553. The highest BCUT2D eigenvalue weighted by atomic mass is 16.3. The summed E-state index contributed by atoms with van der Waals surface area (Å²) >= 11 is 0. The van der Waals surface area contributed by atoms with Crippen LogP contribution >= 0.6 is 0 Å². The second kappa shape index (κ2) is 6.42. The molecule has 0 saturated heterocycles. The molecule has 3 aromatic rings. The van der Waals surface area contributed by atoms with Crippen LogP contribution in [0, 0.1) is 0 Å². The van der Waals surface area contributed by atoms with Crippen molar-refractivity contribution < 1.29 is 5.84 Å². The maximum Gasteiger partial charge on any atom is 0.182 e. The van der Waals surface area contributed by atoms with Crippen molar-refractivity contribution in [2.45, 2.75) is 66.2 Å². The molecule has 0 atom stereocenters. The Morgan fingerprint density at radius 2 is 1.62 bits per heavy atom. The lowest BCUT2D eigenvalue weighted by Gasteiger charge is -2.19. The Kier molecular flexibility index (Phi) is 4.88. The minimum absolute atomic E-state index is 0. The van der Waals surface area contributed by atoms with Gasteiger partial charge in [0.25, 0.3) is 0 Å². The van der Waals surface area contributed by atoms with Gasteiger partial charge in [-0.1, -0.05) is 67.5 Å². The minimum Gasteiger partial charge on any atom is -0.443 e. The Hall–Kier alpha value is -2.10. The summed E-state index contributed by atoms with van der Waals surface area (Å²) in [6.07, 6.45) is 3.39. The summed E-state index contributed by atoms with van der Waals surface area (Å²) in [5.74, 6) is 0.971. The van der Waals surface area contributed by atoms with Crippen molar-refractivity contribution in [3.05, 3.63) is 36.1 Å². The largest absolute Gasteiger partial charge is 0.443 e. The average Bonchev–Trinajstić information content (AvgIpc) is 3.16. The number of aromatic amines is 1. The molecular formula is C20H31N3O. The van der Waals surface area contributed by atoms with Gasteiger partial charge < -0.3 is 9.40 Å². The molecule has 0 bridgehead atoms. The first-order chi connectivity index (χ1) is 11.2. The number of oxazole rings is 1. The standard InChI is InChI=1S/C18H23N3O.C2H6.H2/c1-17(2,3)12-8-7-11(14-15(12)22-10-20-14)13-9-19-16(21-13)18(4,5)6;1-2;/h7-10H,1-6H3,(H,19,21);1-2H3;1H. The Labute approximate surface area is 146 Å². The third kappa shape index (κ3) is 3.37. The van der Waals surface area contributed by atoms with Gasteiger partial charge in [0.2, 0.25) is 0 Å². The monoisotopic (exact) mass is 329 g/mol. The summed E-state index contributed by atoms with van der Waals surface area (Å²) in [6.45, 7) is 17.0. The molecule has 1 aromatic carbocycles. The number of hydrogen-bond acceptors (Lipinski definition) is 3. The zero-order chi connectivity index (χ0) is 18.1. The second-order valence-corrected chi connectivity index (χ2v) is 7.84. The van der Waals surface area contributed by atoms with Gasteiger partial charge in [0.15, 0.2) is 12.0 Å². The second-order valence-electron chi connectivity index (χ2n) is 7.84. The molecule has 0 aliphatic rings. The van der Waals surface area contributed by atoms with Crippen LogP contribution in [0.5, 0.6) is 0 Å². The van der Waals surface area contributed by atoms with Crippen LogP contribution in [0.25, 0.3) is 22.4 Å². The van der Waals surface area contributed by atoms with Crippen LogP contribution < -0.4 is 0 Å². The molecule has 24 heavy (non-hydrogen) atoms. The van der Waals surface area contributed by atoms with E-state index in [0.29, 0.717) is 0 Å². The molecule has 0 aliphatic heterocycles. The highest BCUT2D eigenvalue weighted by molar-refractivity contribution is 5.91. The normalized spacial score (nSPS) is 12.2. The molecule has 0 saturated carbocycles. The van der Waals surface area contributed by atoms with Gasteiger partial charge in [-0.25, -0.2) is 9.97 Å². The van der Waals surface area contributed by atoms with E-state index < -0.39 is 0 Å². The van der Waals surface area contributed by atoms with Gasteiger partial charge in [-0.05, 0) is 5.41 Å². The first-order valence-corrected chi connectivity index (χ1v) is 8.60. The minimum atomic E-state index is -0.00740. The van der Waals surface area contributed by atoms with Crippen LogP contribution in [0.1, 0.15) is 68.2 Å². The van der Waals surface area contributed by atoms with E-state index >= 15 is 0 Å². The van der Waals surface area contributed by atoms with E-state index in [2.05, 4.69) is 68.6 Å². The summed E-state index contributed by atoms with van der Waals surface area (Å²) < 4.78 is 5.67. The number of H-pyrrole nitrogens is 1. The van der Waals surface area contributed by atoms with E-state index in [9.17, 15) is 0 Å². The fraction of sp³-hybridized carbons (Fsp3) is 0.500. The van der Waals surface area contributed by atoms with Gasteiger partial charge in [0.05, 0.1) is 11.9 Å². The molecule has 0 spiro atoms. The van der Waals surface area contributed by atoms with Crippen LogP contribution in [0.3, 0.4) is 0 Å².